The minimum Gasteiger partial charge on any atom is -0.875 e. The molecule has 2 nitrogen and oxygen atoms in total. The second-order valence-electron chi connectivity index (χ2n) is 12.2. The summed E-state index contributed by atoms with van der Waals surface area (Å²) in [7, 11) is 0. The SMILES string of the molecule is CC(C)(C)[C]1C=C=CC(C(C)(C)C)=C1[O-].CC(C)(C)[C]1C=C=CC(C(C)(C)C)=C1[O-].Cl.Cl.[Sn+2]. The van der Waals surface area contributed by atoms with Crippen molar-refractivity contribution in [3.63, 3.8) is 0 Å². The van der Waals surface area contributed by atoms with Crippen molar-refractivity contribution < 1.29 is 10.2 Å². The predicted octanol–water partition coefficient (Wildman–Crippen LogP) is 6.45. The van der Waals surface area contributed by atoms with Gasteiger partial charge < -0.3 is 10.2 Å². The van der Waals surface area contributed by atoms with Crippen molar-refractivity contribution in [2.45, 2.75) is 83.1 Å². The maximum Gasteiger partial charge on any atom is 2.00 e. The first kappa shape index (κ1) is 37.1. The van der Waals surface area contributed by atoms with E-state index in [9.17, 15) is 10.2 Å². The van der Waals surface area contributed by atoms with Gasteiger partial charge in [-0.05, 0) is 57.1 Å². The Bertz CT molecular complexity index is 766. The van der Waals surface area contributed by atoms with Gasteiger partial charge in [0.1, 0.15) is 0 Å². The van der Waals surface area contributed by atoms with Crippen LogP contribution in [-0.4, -0.2) is 23.9 Å². The van der Waals surface area contributed by atoms with Gasteiger partial charge in [-0.25, -0.2) is 0 Å². The van der Waals surface area contributed by atoms with Crippen LogP contribution in [0.1, 0.15) is 83.1 Å². The van der Waals surface area contributed by atoms with Gasteiger partial charge >= 0.3 is 23.9 Å². The normalized spacial score (nSPS) is 17.1. The molecular weight excluding hydrogens is 558 g/mol. The van der Waals surface area contributed by atoms with Crippen LogP contribution in [0.4, 0.5) is 0 Å². The third-order valence-corrected chi connectivity index (χ3v) is 5.12. The van der Waals surface area contributed by atoms with Crippen LogP contribution in [0.3, 0.4) is 0 Å². The van der Waals surface area contributed by atoms with Gasteiger partial charge in [0.25, 0.3) is 0 Å². The van der Waals surface area contributed by atoms with Gasteiger partial charge in [0.2, 0.25) is 0 Å². The zero-order valence-electron chi connectivity index (χ0n) is 22.4. The molecule has 33 heavy (non-hydrogen) atoms. The van der Waals surface area contributed by atoms with Gasteiger partial charge in [-0.3, -0.25) is 0 Å². The van der Waals surface area contributed by atoms with Gasteiger partial charge in [-0.1, -0.05) is 83.1 Å². The van der Waals surface area contributed by atoms with Gasteiger partial charge in [-0.15, -0.1) is 47.8 Å². The zero-order chi connectivity index (χ0) is 23.7. The van der Waals surface area contributed by atoms with Crippen molar-refractivity contribution in [3.05, 3.63) is 70.3 Å². The molecule has 0 unspecified atom stereocenters. The summed E-state index contributed by atoms with van der Waals surface area (Å²) in [6.45, 7) is 24.7. The smallest absolute Gasteiger partial charge is 0.875 e. The number of hydrogen-bond acceptors (Lipinski definition) is 2. The Morgan fingerprint density at radius 3 is 0.909 bits per heavy atom. The summed E-state index contributed by atoms with van der Waals surface area (Å²) in [5.41, 5.74) is 7.47. The Kier molecular flexibility index (Phi) is 14.6. The number of halogens is 2. The van der Waals surface area contributed by atoms with Crippen LogP contribution >= 0.6 is 24.8 Å². The molecule has 184 valence electrons. The van der Waals surface area contributed by atoms with E-state index >= 15 is 0 Å². The van der Waals surface area contributed by atoms with E-state index in [0.29, 0.717) is 0 Å². The molecule has 0 aromatic rings. The maximum atomic E-state index is 12.2. The Morgan fingerprint density at radius 2 is 0.727 bits per heavy atom. The average Bonchev–Trinajstić information content (AvgIpc) is 2.51. The summed E-state index contributed by atoms with van der Waals surface area (Å²) < 4.78 is 0. The van der Waals surface area contributed by atoms with E-state index in [0.717, 1.165) is 23.0 Å². The molecule has 0 bridgehead atoms. The maximum absolute atomic E-state index is 12.2. The first-order valence-electron chi connectivity index (χ1n) is 10.7. The van der Waals surface area contributed by atoms with E-state index < -0.39 is 0 Å². The summed E-state index contributed by atoms with van der Waals surface area (Å²) in [5.74, 6) is 2.06. The molecule has 2 rings (SSSR count). The molecule has 2 aliphatic rings. The minimum absolute atomic E-state index is 0. The second kappa shape index (κ2) is 13.0. The van der Waals surface area contributed by atoms with Gasteiger partial charge in [-0.2, -0.15) is 0 Å². The summed E-state index contributed by atoms with van der Waals surface area (Å²) in [4.78, 5) is 0. The molecule has 2 aliphatic carbocycles. The van der Waals surface area contributed by atoms with E-state index in [4.69, 9.17) is 0 Å². The Morgan fingerprint density at radius 1 is 0.485 bits per heavy atom. The average molecular weight is 600 g/mol. The van der Waals surface area contributed by atoms with Crippen LogP contribution in [0.2, 0.25) is 0 Å². The second-order valence-corrected chi connectivity index (χ2v) is 12.2. The Labute approximate surface area is 232 Å². The molecule has 0 spiro atoms. The van der Waals surface area contributed by atoms with Crippen molar-refractivity contribution in [1.82, 2.24) is 0 Å². The summed E-state index contributed by atoms with van der Waals surface area (Å²) in [6, 6.07) is 0. The molecule has 0 amide bonds. The van der Waals surface area contributed by atoms with E-state index in [2.05, 4.69) is 94.5 Å². The van der Waals surface area contributed by atoms with Crippen LogP contribution in [0, 0.1) is 33.5 Å². The zero-order valence-corrected chi connectivity index (χ0v) is 26.9. The van der Waals surface area contributed by atoms with Crippen LogP contribution in [0.15, 0.2) is 58.4 Å². The monoisotopic (exact) mass is 600 g/mol. The predicted molar refractivity (Wildman–Crippen MR) is 144 cm³/mol. The molecule has 0 aromatic carbocycles. The molecule has 0 fully saturated rings. The Hall–Kier alpha value is -0.501. The summed E-state index contributed by atoms with van der Waals surface area (Å²) in [5, 5.41) is 24.5. The third-order valence-electron chi connectivity index (χ3n) is 5.12. The number of rotatable bonds is 0. The van der Waals surface area contributed by atoms with Crippen molar-refractivity contribution in [2.75, 3.05) is 0 Å². The van der Waals surface area contributed by atoms with E-state index in [1.807, 2.05) is 24.3 Å². The first-order valence-corrected chi connectivity index (χ1v) is 10.7. The van der Waals surface area contributed by atoms with Crippen molar-refractivity contribution in [1.29, 1.82) is 0 Å². The largest absolute Gasteiger partial charge is 2.00 e. The van der Waals surface area contributed by atoms with Gasteiger partial charge in [0.15, 0.2) is 0 Å². The van der Waals surface area contributed by atoms with Gasteiger partial charge in [0, 0.05) is 11.8 Å². The topological polar surface area (TPSA) is 46.1 Å². The van der Waals surface area contributed by atoms with E-state index in [1.54, 1.807) is 0 Å². The standard InChI is InChI=1S/2C14H21O.2ClH.Sn/c2*1-13(2,3)10-8-7-9-11(12(10)15)14(4,5)6;;;/h2*8-9,15H,1-6H3;2*1H;/q;;;;+2/p-2. The Balaban J connectivity index is -0.000000500. The molecule has 5 heteroatoms. The van der Waals surface area contributed by atoms with E-state index in [1.165, 1.54) is 0 Å². The molecular formula is C28H42Cl2O2Sn. The molecule has 0 saturated carbocycles. The van der Waals surface area contributed by atoms with Crippen LogP contribution in [-0.2, 0) is 0 Å². The molecule has 0 aliphatic heterocycles. The van der Waals surface area contributed by atoms with Crippen LogP contribution in [0.5, 0.6) is 0 Å². The van der Waals surface area contributed by atoms with Crippen molar-refractivity contribution in [3.8, 4) is 0 Å². The molecule has 0 atom stereocenters. The number of allylic oxidation sites excluding steroid dienone is 4. The van der Waals surface area contributed by atoms with Gasteiger partial charge in [0.05, 0.1) is 0 Å². The summed E-state index contributed by atoms with van der Waals surface area (Å²) in [6.07, 6.45) is 7.27. The minimum atomic E-state index is -0.102. The fraction of sp³-hybridized carbons (Fsp3) is 0.571. The molecule has 0 saturated heterocycles. The number of hydrogen-bond donors (Lipinski definition) is 0. The molecule has 0 N–H and O–H groups in total. The third kappa shape index (κ3) is 10.3. The molecule has 4 radical (unpaired) electrons. The van der Waals surface area contributed by atoms with Crippen molar-refractivity contribution in [2.24, 2.45) is 21.7 Å². The molecule has 0 aromatic heterocycles. The van der Waals surface area contributed by atoms with Crippen molar-refractivity contribution >= 4 is 48.7 Å². The summed E-state index contributed by atoms with van der Waals surface area (Å²) >= 11 is 0. The van der Waals surface area contributed by atoms with Crippen LogP contribution in [0.25, 0.3) is 0 Å². The van der Waals surface area contributed by atoms with E-state index in [-0.39, 0.29) is 81.9 Å². The van der Waals surface area contributed by atoms with Crippen LogP contribution < -0.4 is 10.2 Å². The quantitative estimate of drug-likeness (QED) is 0.237. The molecule has 0 heterocycles. The fourth-order valence-corrected chi connectivity index (χ4v) is 3.20. The fourth-order valence-electron chi connectivity index (χ4n) is 3.20. The first-order chi connectivity index (χ1) is 13.3.